The number of esters is 1. The summed E-state index contributed by atoms with van der Waals surface area (Å²) in [6, 6.07) is 0.124. The van der Waals surface area contributed by atoms with Crippen molar-refractivity contribution in [2.75, 3.05) is 13.7 Å². The van der Waals surface area contributed by atoms with Crippen LogP contribution in [0.3, 0.4) is 0 Å². The van der Waals surface area contributed by atoms with Gasteiger partial charge in [0.15, 0.2) is 5.78 Å². The summed E-state index contributed by atoms with van der Waals surface area (Å²) in [7, 11) is 1.32. The fourth-order valence-corrected chi connectivity index (χ4v) is 2.96. The van der Waals surface area contributed by atoms with E-state index < -0.39 is 0 Å². The number of ether oxygens (including phenoxy) is 1. The number of hydrogen-bond acceptors (Lipinski definition) is 5. The molecule has 0 amide bonds. The lowest BCUT2D eigenvalue weighted by molar-refractivity contribution is -0.142. The SMILES string of the molecule is COC(=O)CCC(=O)C[C@@H]1CC(=O)C2CCCN21. The van der Waals surface area contributed by atoms with E-state index in [1.807, 2.05) is 0 Å². The minimum absolute atomic E-state index is 0.0470. The number of methoxy groups -OCH3 is 1. The Kier molecular flexibility index (Phi) is 4.11. The van der Waals surface area contributed by atoms with Crippen molar-refractivity contribution in [3.63, 3.8) is 0 Å². The first-order valence-corrected chi connectivity index (χ1v) is 6.49. The van der Waals surface area contributed by atoms with Gasteiger partial charge in [-0.3, -0.25) is 19.3 Å². The maximum Gasteiger partial charge on any atom is 0.305 e. The van der Waals surface area contributed by atoms with Crippen LogP contribution >= 0.6 is 0 Å². The molecule has 100 valence electrons. The van der Waals surface area contributed by atoms with E-state index in [-0.39, 0.29) is 42.5 Å². The van der Waals surface area contributed by atoms with E-state index >= 15 is 0 Å². The van der Waals surface area contributed by atoms with Crippen LogP contribution in [0.15, 0.2) is 0 Å². The molecular weight excluding hydrogens is 234 g/mol. The molecule has 2 heterocycles. The van der Waals surface area contributed by atoms with Gasteiger partial charge in [-0.15, -0.1) is 0 Å². The first kappa shape index (κ1) is 13.2. The third-order valence-corrected chi connectivity index (χ3v) is 3.87. The summed E-state index contributed by atoms with van der Waals surface area (Å²) in [5.41, 5.74) is 0. The third kappa shape index (κ3) is 2.77. The Balaban J connectivity index is 1.81. The number of Topliss-reactive ketones (excluding diaryl/α,β-unsaturated/α-hetero) is 2. The van der Waals surface area contributed by atoms with E-state index in [1.54, 1.807) is 0 Å². The van der Waals surface area contributed by atoms with Gasteiger partial charge in [-0.2, -0.15) is 0 Å². The normalized spacial score (nSPS) is 27.3. The van der Waals surface area contributed by atoms with Crippen molar-refractivity contribution in [2.45, 2.75) is 50.6 Å². The zero-order valence-corrected chi connectivity index (χ0v) is 10.7. The lowest BCUT2D eigenvalue weighted by Crippen LogP contribution is -2.33. The standard InChI is InChI=1S/C13H19NO4/c1-18-13(17)5-4-10(15)7-9-8-12(16)11-3-2-6-14(9)11/h9,11H,2-8H2,1H3/t9-,11?/m1/s1. The summed E-state index contributed by atoms with van der Waals surface area (Å²) >= 11 is 0. The minimum atomic E-state index is -0.357. The highest BCUT2D eigenvalue weighted by molar-refractivity contribution is 5.89. The van der Waals surface area contributed by atoms with E-state index in [0.29, 0.717) is 12.8 Å². The Hall–Kier alpha value is -1.23. The molecule has 0 N–H and O–H groups in total. The molecule has 0 spiro atoms. The van der Waals surface area contributed by atoms with Crippen LogP contribution in [0.5, 0.6) is 0 Å². The molecule has 2 fully saturated rings. The average molecular weight is 253 g/mol. The van der Waals surface area contributed by atoms with Crippen LogP contribution in [0.2, 0.25) is 0 Å². The topological polar surface area (TPSA) is 63.7 Å². The molecule has 2 aliphatic heterocycles. The number of hydrogen-bond donors (Lipinski definition) is 0. The van der Waals surface area contributed by atoms with Gasteiger partial charge in [-0.1, -0.05) is 0 Å². The predicted octanol–water partition coefficient (Wildman–Crippen LogP) is 0.705. The zero-order valence-electron chi connectivity index (χ0n) is 10.7. The van der Waals surface area contributed by atoms with E-state index in [9.17, 15) is 14.4 Å². The summed E-state index contributed by atoms with van der Waals surface area (Å²) in [5, 5.41) is 0. The van der Waals surface area contributed by atoms with Gasteiger partial charge in [0.25, 0.3) is 0 Å². The molecule has 0 aromatic heterocycles. The van der Waals surface area contributed by atoms with Crippen LogP contribution in [0, 0.1) is 0 Å². The highest BCUT2D eigenvalue weighted by Gasteiger charge is 2.42. The molecule has 0 radical (unpaired) electrons. The molecule has 1 unspecified atom stereocenters. The molecule has 5 nitrogen and oxygen atoms in total. The van der Waals surface area contributed by atoms with Crippen molar-refractivity contribution in [2.24, 2.45) is 0 Å². The van der Waals surface area contributed by atoms with Gasteiger partial charge in [-0.05, 0) is 19.4 Å². The average Bonchev–Trinajstić information content (AvgIpc) is 2.92. The molecule has 0 saturated carbocycles. The van der Waals surface area contributed by atoms with Gasteiger partial charge in [0.2, 0.25) is 0 Å². The largest absolute Gasteiger partial charge is 0.469 e. The molecule has 0 bridgehead atoms. The van der Waals surface area contributed by atoms with E-state index in [2.05, 4.69) is 9.64 Å². The molecular formula is C13H19NO4. The number of nitrogens with zero attached hydrogens (tertiary/aromatic N) is 1. The Morgan fingerprint density at radius 3 is 2.89 bits per heavy atom. The van der Waals surface area contributed by atoms with Gasteiger partial charge in [-0.25, -0.2) is 0 Å². The van der Waals surface area contributed by atoms with Gasteiger partial charge in [0, 0.05) is 25.3 Å². The van der Waals surface area contributed by atoms with Crippen LogP contribution in [0.1, 0.15) is 38.5 Å². The van der Waals surface area contributed by atoms with Crippen LogP contribution < -0.4 is 0 Å². The minimum Gasteiger partial charge on any atom is -0.469 e. The quantitative estimate of drug-likeness (QED) is 0.675. The molecule has 2 atom stereocenters. The molecule has 0 aromatic rings. The summed E-state index contributed by atoms with van der Waals surface area (Å²) < 4.78 is 4.50. The van der Waals surface area contributed by atoms with Gasteiger partial charge in [0.05, 0.1) is 19.6 Å². The van der Waals surface area contributed by atoms with Crippen molar-refractivity contribution in [1.29, 1.82) is 0 Å². The maximum absolute atomic E-state index is 11.8. The Morgan fingerprint density at radius 2 is 2.17 bits per heavy atom. The number of ketones is 2. The summed E-state index contributed by atoms with van der Waals surface area (Å²) in [4.78, 5) is 36.6. The monoisotopic (exact) mass is 253 g/mol. The molecule has 18 heavy (non-hydrogen) atoms. The fraction of sp³-hybridized carbons (Fsp3) is 0.769. The second-order valence-electron chi connectivity index (χ2n) is 5.04. The predicted molar refractivity (Wildman–Crippen MR) is 64.0 cm³/mol. The fourth-order valence-electron chi connectivity index (χ4n) is 2.96. The molecule has 2 rings (SSSR count). The van der Waals surface area contributed by atoms with Gasteiger partial charge < -0.3 is 4.74 Å². The number of fused-ring (bicyclic) bond motifs is 1. The maximum atomic E-state index is 11.8. The first-order chi connectivity index (χ1) is 8.61. The van der Waals surface area contributed by atoms with Crippen LogP contribution in [-0.4, -0.2) is 48.2 Å². The number of carbonyl (C=O) groups excluding carboxylic acids is 3. The molecule has 2 aliphatic rings. The highest BCUT2D eigenvalue weighted by Crippen LogP contribution is 2.31. The van der Waals surface area contributed by atoms with Gasteiger partial charge in [0.1, 0.15) is 5.78 Å². The lowest BCUT2D eigenvalue weighted by Gasteiger charge is -2.21. The van der Waals surface area contributed by atoms with E-state index in [4.69, 9.17) is 0 Å². The first-order valence-electron chi connectivity index (χ1n) is 6.49. The number of carbonyl (C=O) groups is 3. The lowest BCUT2D eigenvalue weighted by atomic mass is 10.0. The van der Waals surface area contributed by atoms with Crippen molar-refractivity contribution >= 4 is 17.5 Å². The smallest absolute Gasteiger partial charge is 0.305 e. The van der Waals surface area contributed by atoms with Crippen LogP contribution in [-0.2, 0) is 19.1 Å². The Labute approximate surface area is 106 Å². The van der Waals surface area contributed by atoms with E-state index in [0.717, 1.165) is 19.4 Å². The van der Waals surface area contributed by atoms with Crippen LogP contribution in [0.25, 0.3) is 0 Å². The van der Waals surface area contributed by atoms with Crippen LogP contribution in [0.4, 0.5) is 0 Å². The van der Waals surface area contributed by atoms with Crippen molar-refractivity contribution in [3.8, 4) is 0 Å². The molecule has 2 saturated heterocycles. The second-order valence-corrected chi connectivity index (χ2v) is 5.04. The summed E-state index contributed by atoms with van der Waals surface area (Å²) in [6.07, 6.45) is 3.22. The second kappa shape index (κ2) is 5.61. The molecule has 0 aromatic carbocycles. The van der Waals surface area contributed by atoms with Gasteiger partial charge >= 0.3 is 5.97 Å². The molecule has 5 heteroatoms. The molecule has 0 aliphatic carbocycles. The number of rotatable bonds is 5. The van der Waals surface area contributed by atoms with Crippen molar-refractivity contribution in [3.05, 3.63) is 0 Å². The van der Waals surface area contributed by atoms with Crippen molar-refractivity contribution < 1.29 is 19.1 Å². The Morgan fingerprint density at radius 1 is 1.39 bits per heavy atom. The summed E-state index contributed by atoms with van der Waals surface area (Å²) in [5.74, 6) is -0.0334. The Bertz CT molecular complexity index is 366. The highest BCUT2D eigenvalue weighted by atomic mass is 16.5. The van der Waals surface area contributed by atoms with Crippen molar-refractivity contribution in [1.82, 2.24) is 4.90 Å². The third-order valence-electron chi connectivity index (χ3n) is 3.87. The van der Waals surface area contributed by atoms with E-state index in [1.165, 1.54) is 7.11 Å². The zero-order chi connectivity index (χ0) is 13.1. The summed E-state index contributed by atoms with van der Waals surface area (Å²) in [6.45, 7) is 0.922.